The molecule has 1 aliphatic rings. The molecular weight excluding hydrogens is 685 g/mol. The van der Waals surface area contributed by atoms with Crippen LogP contribution in [-0.2, 0) is 26.5 Å². The smallest absolute Gasteiger partial charge is 0.326 e. The predicted octanol–water partition coefficient (Wildman–Crippen LogP) is 6.84. The number of nitrogens with zero attached hydrogens (tertiary/aromatic N) is 4. The van der Waals surface area contributed by atoms with Gasteiger partial charge in [-0.1, -0.05) is 97.3 Å². The van der Waals surface area contributed by atoms with Crippen molar-refractivity contribution in [2.45, 2.75) is 5.41 Å². The second kappa shape index (κ2) is 10.3. The first-order valence-corrected chi connectivity index (χ1v) is 12.4. The van der Waals surface area contributed by atoms with Crippen LogP contribution in [0.1, 0.15) is 22.5 Å². The van der Waals surface area contributed by atoms with E-state index in [0.717, 1.165) is 33.6 Å². The molecule has 0 spiro atoms. The first-order valence-electron chi connectivity index (χ1n) is 12.4. The maximum Gasteiger partial charge on any atom is 2.00 e. The van der Waals surface area contributed by atoms with Crippen molar-refractivity contribution in [2.24, 2.45) is 0 Å². The molecule has 0 radical (unpaired) electrons. The molecule has 7 rings (SSSR count). The SMILES string of the molecule is Fc1c[c-]c(-c2cccc(C3(c4cccc(-c5[c-]cc(F)nc5)n4)c4ccccc4-c4ccccc43)n2)cn1.[Pt+2]. The quantitative estimate of drug-likeness (QED) is 0.149. The minimum absolute atomic E-state index is 0. The summed E-state index contributed by atoms with van der Waals surface area (Å²) in [6.45, 7) is 0. The van der Waals surface area contributed by atoms with Crippen molar-refractivity contribution in [3.05, 3.63) is 156 Å². The minimum Gasteiger partial charge on any atom is -0.326 e. The molecule has 6 aromatic rings. The second-order valence-electron chi connectivity index (χ2n) is 9.22. The standard InChI is InChI=1S/C33H18F2N4.Pt/c34-31-17-15-21(19-36-31)27-11-5-13-29(38-27)33(25-9-3-1-7-23(25)24-8-2-4-10-26(24)33)30-14-6-12-28(39-30)22-16-18-32(35)37-20-22;/h1-14,17-20H;/q-2;+2. The number of pyridine rings is 4. The van der Waals surface area contributed by atoms with Gasteiger partial charge in [0, 0.05) is 0 Å². The Kier molecular flexibility index (Phi) is 6.65. The number of hydrogen-bond acceptors (Lipinski definition) is 4. The third-order valence-corrected chi connectivity index (χ3v) is 7.10. The van der Waals surface area contributed by atoms with Crippen LogP contribution in [-0.4, -0.2) is 19.9 Å². The molecule has 4 nitrogen and oxygen atoms in total. The Morgan fingerprint density at radius 3 is 1.43 bits per heavy atom. The van der Waals surface area contributed by atoms with Crippen LogP contribution in [0, 0.1) is 24.0 Å². The Morgan fingerprint density at radius 2 is 1.00 bits per heavy atom. The van der Waals surface area contributed by atoms with Crippen molar-refractivity contribution in [2.75, 3.05) is 0 Å². The van der Waals surface area contributed by atoms with Gasteiger partial charge in [-0.15, -0.1) is 23.3 Å². The summed E-state index contributed by atoms with van der Waals surface area (Å²) in [6, 6.07) is 36.4. The van der Waals surface area contributed by atoms with Gasteiger partial charge in [-0.3, -0.25) is 9.97 Å². The summed E-state index contributed by atoms with van der Waals surface area (Å²) in [5, 5.41) is 0. The maximum atomic E-state index is 13.5. The molecule has 4 heterocycles. The molecule has 0 amide bonds. The zero-order valence-corrected chi connectivity index (χ0v) is 23.0. The molecule has 0 atom stereocenters. The van der Waals surface area contributed by atoms with Crippen LogP contribution in [0.5, 0.6) is 0 Å². The molecule has 0 unspecified atom stereocenters. The first-order chi connectivity index (χ1) is 19.1. The number of aromatic nitrogens is 4. The van der Waals surface area contributed by atoms with Gasteiger partial charge >= 0.3 is 21.1 Å². The van der Waals surface area contributed by atoms with Crippen molar-refractivity contribution in [3.8, 4) is 33.6 Å². The molecule has 4 aromatic heterocycles. The van der Waals surface area contributed by atoms with Crippen molar-refractivity contribution in [1.82, 2.24) is 19.9 Å². The van der Waals surface area contributed by atoms with Crippen molar-refractivity contribution in [1.29, 1.82) is 0 Å². The fourth-order valence-corrected chi connectivity index (χ4v) is 5.46. The maximum absolute atomic E-state index is 13.5. The third-order valence-electron chi connectivity index (χ3n) is 7.10. The van der Waals surface area contributed by atoms with E-state index in [9.17, 15) is 8.78 Å². The van der Waals surface area contributed by atoms with Crippen LogP contribution >= 0.6 is 0 Å². The van der Waals surface area contributed by atoms with Gasteiger partial charge in [0.25, 0.3) is 0 Å². The van der Waals surface area contributed by atoms with Crippen LogP contribution in [0.2, 0.25) is 0 Å². The Bertz CT molecular complexity index is 1700. The molecule has 0 N–H and O–H groups in total. The predicted molar refractivity (Wildman–Crippen MR) is 143 cm³/mol. The van der Waals surface area contributed by atoms with Crippen molar-refractivity contribution >= 4 is 0 Å². The Hall–Kier alpha value is -4.41. The number of benzene rings is 2. The molecule has 40 heavy (non-hydrogen) atoms. The Balaban J connectivity index is 0.00000289. The Labute approximate surface area is 244 Å². The molecule has 0 fully saturated rings. The van der Waals surface area contributed by atoms with Crippen molar-refractivity contribution < 1.29 is 29.8 Å². The fraction of sp³-hybridized carbons (Fsp3) is 0.0303. The number of halogens is 2. The van der Waals surface area contributed by atoms with Gasteiger partial charge in [0.05, 0.1) is 11.4 Å². The van der Waals surface area contributed by atoms with Gasteiger partial charge < -0.3 is 9.97 Å². The van der Waals surface area contributed by atoms with Crippen LogP contribution in [0.25, 0.3) is 33.6 Å². The average molecular weight is 704 g/mol. The third kappa shape index (κ3) is 4.07. The monoisotopic (exact) mass is 703 g/mol. The summed E-state index contributed by atoms with van der Waals surface area (Å²) >= 11 is 0. The Morgan fingerprint density at radius 1 is 0.550 bits per heavy atom. The van der Waals surface area contributed by atoms with E-state index in [4.69, 9.17) is 9.97 Å². The van der Waals surface area contributed by atoms with E-state index in [1.54, 1.807) is 0 Å². The van der Waals surface area contributed by atoms with Gasteiger partial charge in [0.1, 0.15) is 17.3 Å². The van der Waals surface area contributed by atoms with Gasteiger partial charge in [0.15, 0.2) is 0 Å². The van der Waals surface area contributed by atoms with E-state index < -0.39 is 17.3 Å². The average Bonchev–Trinajstić information content (AvgIpc) is 3.29. The van der Waals surface area contributed by atoms with Gasteiger partial charge in [-0.05, 0) is 45.8 Å². The number of rotatable bonds is 4. The van der Waals surface area contributed by atoms with Crippen LogP contribution < -0.4 is 0 Å². The molecular formula is C33H18F2N4Pt. The van der Waals surface area contributed by atoms with E-state index in [1.165, 1.54) is 24.5 Å². The first kappa shape index (κ1) is 25.8. The summed E-state index contributed by atoms with van der Waals surface area (Å²) in [5.74, 6) is -1.20. The van der Waals surface area contributed by atoms with E-state index in [0.29, 0.717) is 22.5 Å². The van der Waals surface area contributed by atoms with Gasteiger partial charge in [0.2, 0.25) is 0 Å². The van der Waals surface area contributed by atoms with Crippen LogP contribution in [0.3, 0.4) is 0 Å². The van der Waals surface area contributed by atoms with Crippen molar-refractivity contribution in [3.63, 3.8) is 0 Å². The van der Waals surface area contributed by atoms with E-state index in [1.807, 2.05) is 60.7 Å². The molecule has 1 aliphatic carbocycles. The molecule has 194 valence electrons. The molecule has 7 heteroatoms. The summed E-state index contributed by atoms with van der Waals surface area (Å²) in [7, 11) is 0. The van der Waals surface area contributed by atoms with Gasteiger partial charge in [-0.25, -0.2) is 8.78 Å². The van der Waals surface area contributed by atoms with E-state index in [2.05, 4.69) is 46.4 Å². The second-order valence-corrected chi connectivity index (χ2v) is 9.22. The summed E-state index contributed by atoms with van der Waals surface area (Å²) in [5.41, 5.74) is 7.33. The molecule has 0 saturated heterocycles. The minimum atomic E-state index is -0.861. The van der Waals surface area contributed by atoms with Crippen LogP contribution in [0.15, 0.2) is 109 Å². The summed E-state index contributed by atoms with van der Waals surface area (Å²) in [4.78, 5) is 17.8. The summed E-state index contributed by atoms with van der Waals surface area (Å²) in [6.07, 6.45) is 2.86. The van der Waals surface area contributed by atoms with E-state index >= 15 is 0 Å². The number of hydrogen-bond donors (Lipinski definition) is 0. The molecule has 2 aromatic carbocycles. The topological polar surface area (TPSA) is 51.6 Å². The molecule has 0 bridgehead atoms. The number of fused-ring (bicyclic) bond motifs is 3. The molecule has 0 aliphatic heterocycles. The molecule has 0 saturated carbocycles. The van der Waals surface area contributed by atoms with Crippen LogP contribution in [0.4, 0.5) is 8.78 Å². The normalized spacial score (nSPS) is 12.8. The zero-order chi connectivity index (χ0) is 26.4. The van der Waals surface area contributed by atoms with Gasteiger partial charge in [-0.2, -0.15) is 0 Å². The van der Waals surface area contributed by atoms with E-state index in [-0.39, 0.29) is 21.1 Å². The fourth-order valence-electron chi connectivity index (χ4n) is 5.46. The summed E-state index contributed by atoms with van der Waals surface area (Å²) < 4.78 is 27.1. The largest absolute Gasteiger partial charge is 2.00 e. The zero-order valence-electron chi connectivity index (χ0n) is 20.8.